The lowest BCUT2D eigenvalue weighted by atomic mass is 10.4. The van der Waals surface area contributed by atoms with E-state index >= 15 is 0 Å². The summed E-state index contributed by atoms with van der Waals surface area (Å²) in [6.07, 6.45) is 1.68. The van der Waals surface area contributed by atoms with Crippen molar-refractivity contribution in [3.05, 3.63) is 29.0 Å². The van der Waals surface area contributed by atoms with Crippen LogP contribution in [0.4, 0.5) is 0 Å². The predicted octanol–water partition coefficient (Wildman–Crippen LogP) is 2.14. The van der Waals surface area contributed by atoms with Crippen molar-refractivity contribution in [2.75, 3.05) is 6.54 Å². The van der Waals surface area contributed by atoms with Crippen LogP contribution in [0.2, 0.25) is 0 Å². The van der Waals surface area contributed by atoms with Crippen LogP contribution in [-0.2, 0) is 6.54 Å². The average Bonchev–Trinajstić information content (AvgIpc) is 2.77. The molecular weight excluding hydrogens is 236 g/mol. The van der Waals surface area contributed by atoms with E-state index in [1.54, 1.807) is 6.20 Å². The molecule has 2 aromatic rings. The fraction of sp³-hybridized carbons (Fsp3) is 0.364. The summed E-state index contributed by atoms with van der Waals surface area (Å²) in [7, 11) is 0. The molecule has 90 valence electrons. The summed E-state index contributed by atoms with van der Waals surface area (Å²) in [4.78, 5) is 4.15. The molecule has 0 saturated heterocycles. The molecule has 0 aliphatic heterocycles. The Kier molecular flexibility index (Phi) is 4.00. The fourth-order valence-corrected chi connectivity index (χ4v) is 1.88. The van der Waals surface area contributed by atoms with Gasteiger partial charge in [-0.2, -0.15) is 0 Å². The minimum absolute atomic E-state index is 0.545. The number of nitrogens with one attached hydrogen (secondary N) is 1. The van der Waals surface area contributed by atoms with Crippen LogP contribution >= 0.6 is 11.3 Å². The summed E-state index contributed by atoms with van der Waals surface area (Å²) < 4.78 is 5.55. The Morgan fingerprint density at radius 2 is 2.24 bits per heavy atom. The molecule has 1 N–H and O–H groups in total. The summed E-state index contributed by atoms with van der Waals surface area (Å²) in [5, 5.41) is 12.6. The van der Waals surface area contributed by atoms with Gasteiger partial charge >= 0.3 is 0 Å². The largest absolute Gasteiger partial charge is 0.428 e. The van der Waals surface area contributed by atoms with Gasteiger partial charge in [0.1, 0.15) is 10.8 Å². The Balaban J connectivity index is 1.98. The minimum Gasteiger partial charge on any atom is -0.428 e. The van der Waals surface area contributed by atoms with Crippen molar-refractivity contribution >= 4 is 11.3 Å². The van der Waals surface area contributed by atoms with E-state index in [0.29, 0.717) is 10.9 Å². The number of ether oxygens (including phenoxy) is 1. The molecule has 0 fully saturated rings. The normalized spacial score (nSPS) is 10.5. The third kappa shape index (κ3) is 3.47. The highest BCUT2D eigenvalue weighted by molar-refractivity contribution is 7.13. The number of pyridine rings is 1. The molecular formula is C11H14N4OS. The standard InChI is InChI=1S/C11H14N4OS/c1-3-12-7-10-14-15-11(17-10)16-9-5-4-8(2)13-6-9/h4-6,12H,3,7H2,1-2H3. The second kappa shape index (κ2) is 5.70. The van der Waals surface area contributed by atoms with Crippen LogP contribution in [0, 0.1) is 6.92 Å². The van der Waals surface area contributed by atoms with E-state index in [4.69, 9.17) is 4.74 Å². The van der Waals surface area contributed by atoms with Crippen LogP contribution in [0.3, 0.4) is 0 Å². The number of hydrogen-bond acceptors (Lipinski definition) is 6. The summed E-state index contributed by atoms with van der Waals surface area (Å²) in [5.41, 5.74) is 0.961. The molecule has 0 bridgehead atoms. The second-order valence-corrected chi connectivity index (χ2v) is 4.50. The van der Waals surface area contributed by atoms with Crippen LogP contribution in [0.15, 0.2) is 18.3 Å². The SMILES string of the molecule is CCNCc1nnc(Oc2ccc(C)nc2)s1. The molecule has 2 aromatic heterocycles. The van der Waals surface area contributed by atoms with Crippen molar-refractivity contribution < 1.29 is 4.74 Å². The highest BCUT2D eigenvalue weighted by Crippen LogP contribution is 2.24. The lowest BCUT2D eigenvalue weighted by molar-refractivity contribution is 0.470. The van der Waals surface area contributed by atoms with Crippen molar-refractivity contribution in [3.63, 3.8) is 0 Å². The van der Waals surface area contributed by atoms with E-state index in [9.17, 15) is 0 Å². The molecule has 0 radical (unpaired) electrons. The molecule has 0 aliphatic rings. The zero-order valence-electron chi connectivity index (χ0n) is 9.80. The zero-order chi connectivity index (χ0) is 12.1. The van der Waals surface area contributed by atoms with Gasteiger partial charge in [-0.25, -0.2) is 0 Å². The van der Waals surface area contributed by atoms with Gasteiger partial charge in [-0.3, -0.25) is 4.98 Å². The molecule has 0 spiro atoms. The van der Waals surface area contributed by atoms with Crippen molar-refractivity contribution in [1.82, 2.24) is 20.5 Å². The summed E-state index contributed by atoms with van der Waals surface area (Å²) in [5.74, 6) is 0.682. The highest BCUT2D eigenvalue weighted by Gasteiger charge is 2.05. The van der Waals surface area contributed by atoms with E-state index < -0.39 is 0 Å². The van der Waals surface area contributed by atoms with Crippen LogP contribution in [0.5, 0.6) is 10.9 Å². The minimum atomic E-state index is 0.545. The summed E-state index contributed by atoms with van der Waals surface area (Å²) in [6.45, 7) is 5.63. The lowest BCUT2D eigenvalue weighted by Crippen LogP contribution is -2.11. The number of aromatic nitrogens is 3. The fourth-order valence-electron chi connectivity index (χ4n) is 1.20. The van der Waals surface area contributed by atoms with Gasteiger partial charge in [0.05, 0.1) is 6.20 Å². The van der Waals surface area contributed by atoms with Gasteiger partial charge in [-0.05, 0) is 25.6 Å². The number of aryl methyl sites for hydroxylation is 1. The van der Waals surface area contributed by atoms with E-state index in [1.165, 1.54) is 11.3 Å². The average molecular weight is 250 g/mol. The third-order valence-electron chi connectivity index (χ3n) is 2.06. The molecule has 0 atom stereocenters. The van der Waals surface area contributed by atoms with E-state index in [-0.39, 0.29) is 0 Å². The summed E-state index contributed by atoms with van der Waals surface area (Å²) in [6, 6.07) is 3.77. The predicted molar refractivity (Wildman–Crippen MR) is 66.3 cm³/mol. The number of nitrogens with zero attached hydrogens (tertiary/aromatic N) is 3. The van der Waals surface area contributed by atoms with Gasteiger partial charge in [0.2, 0.25) is 0 Å². The topological polar surface area (TPSA) is 59.9 Å². The summed E-state index contributed by atoms with van der Waals surface area (Å²) >= 11 is 1.44. The molecule has 2 rings (SSSR count). The molecule has 6 heteroatoms. The Hall–Kier alpha value is -1.53. The quantitative estimate of drug-likeness (QED) is 0.881. The van der Waals surface area contributed by atoms with Gasteiger partial charge in [-0.15, -0.1) is 5.10 Å². The molecule has 0 aromatic carbocycles. The first-order valence-electron chi connectivity index (χ1n) is 5.41. The Morgan fingerprint density at radius 3 is 2.94 bits per heavy atom. The van der Waals surface area contributed by atoms with Gasteiger partial charge in [0, 0.05) is 12.2 Å². The van der Waals surface area contributed by atoms with Crippen molar-refractivity contribution in [2.24, 2.45) is 0 Å². The van der Waals surface area contributed by atoms with Gasteiger partial charge in [-0.1, -0.05) is 23.4 Å². The van der Waals surface area contributed by atoms with Gasteiger partial charge in [0.25, 0.3) is 5.19 Å². The third-order valence-corrected chi connectivity index (χ3v) is 2.87. The van der Waals surface area contributed by atoms with Crippen molar-refractivity contribution in [1.29, 1.82) is 0 Å². The van der Waals surface area contributed by atoms with E-state index in [2.05, 4.69) is 27.4 Å². The molecule has 17 heavy (non-hydrogen) atoms. The van der Waals surface area contributed by atoms with E-state index in [1.807, 2.05) is 19.1 Å². The maximum absolute atomic E-state index is 5.55. The molecule has 0 amide bonds. The second-order valence-electron chi connectivity index (χ2n) is 3.48. The first-order valence-corrected chi connectivity index (χ1v) is 6.23. The van der Waals surface area contributed by atoms with Gasteiger partial charge < -0.3 is 10.1 Å². The zero-order valence-corrected chi connectivity index (χ0v) is 10.6. The lowest BCUT2D eigenvalue weighted by Gasteiger charge is -1.99. The van der Waals surface area contributed by atoms with Crippen LogP contribution < -0.4 is 10.1 Å². The molecule has 2 heterocycles. The molecule has 0 aliphatic carbocycles. The van der Waals surface area contributed by atoms with Crippen LogP contribution in [0.1, 0.15) is 17.6 Å². The Bertz CT molecular complexity index is 469. The smallest absolute Gasteiger partial charge is 0.299 e. The van der Waals surface area contributed by atoms with Crippen LogP contribution in [-0.4, -0.2) is 21.7 Å². The van der Waals surface area contributed by atoms with Gasteiger partial charge in [0.15, 0.2) is 0 Å². The Morgan fingerprint density at radius 1 is 1.35 bits per heavy atom. The van der Waals surface area contributed by atoms with Crippen LogP contribution in [0.25, 0.3) is 0 Å². The number of hydrogen-bond donors (Lipinski definition) is 1. The number of rotatable bonds is 5. The van der Waals surface area contributed by atoms with Crippen molar-refractivity contribution in [3.8, 4) is 10.9 Å². The van der Waals surface area contributed by atoms with Crippen molar-refractivity contribution in [2.45, 2.75) is 20.4 Å². The Labute approximate surface area is 104 Å². The van der Waals surface area contributed by atoms with E-state index in [0.717, 1.165) is 23.8 Å². The molecule has 5 nitrogen and oxygen atoms in total. The molecule has 0 unspecified atom stereocenters. The first-order chi connectivity index (χ1) is 8.28. The monoisotopic (exact) mass is 250 g/mol. The highest BCUT2D eigenvalue weighted by atomic mass is 32.1. The maximum Gasteiger partial charge on any atom is 0.299 e. The molecule has 0 saturated carbocycles. The maximum atomic E-state index is 5.55. The first kappa shape index (κ1) is 11.9.